The molecule has 0 spiro atoms. The molecular formula is C13H18N4S. The van der Waals surface area contributed by atoms with Crippen LogP contribution in [0.5, 0.6) is 0 Å². The van der Waals surface area contributed by atoms with Gasteiger partial charge in [0.05, 0.1) is 11.0 Å². The SMILES string of the molecule is CN(C)c1ccc(C(Cc2nccs2)NN)cc1. The molecule has 1 aromatic heterocycles. The fourth-order valence-electron chi connectivity index (χ4n) is 1.81. The first-order valence-corrected chi connectivity index (χ1v) is 6.70. The first kappa shape index (κ1) is 13.0. The van der Waals surface area contributed by atoms with Gasteiger partial charge in [0.2, 0.25) is 0 Å². The zero-order chi connectivity index (χ0) is 13.0. The minimum Gasteiger partial charge on any atom is -0.378 e. The largest absolute Gasteiger partial charge is 0.378 e. The molecule has 1 heterocycles. The summed E-state index contributed by atoms with van der Waals surface area (Å²) in [4.78, 5) is 6.37. The van der Waals surface area contributed by atoms with Gasteiger partial charge in [-0.25, -0.2) is 4.98 Å². The summed E-state index contributed by atoms with van der Waals surface area (Å²) in [6.07, 6.45) is 2.64. The number of aromatic nitrogens is 1. The second-order valence-corrected chi connectivity index (χ2v) is 5.31. The van der Waals surface area contributed by atoms with Crippen molar-refractivity contribution in [1.82, 2.24) is 10.4 Å². The van der Waals surface area contributed by atoms with Gasteiger partial charge in [-0.2, -0.15) is 0 Å². The van der Waals surface area contributed by atoms with Crippen molar-refractivity contribution >= 4 is 17.0 Å². The summed E-state index contributed by atoms with van der Waals surface area (Å²) in [5, 5.41) is 3.08. The van der Waals surface area contributed by atoms with Gasteiger partial charge in [-0.1, -0.05) is 12.1 Å². The summed E-state index contributed by atoms with van der Waals surface area (Å²) in [5.74, 6) is 5.64. The van der Waals surface area contributed by atoms with E-state index in [2.05, 4.69) is 39.6 Å². The highest BCUT2D eigenvalue weighted by Gasteiger charge is 2.12. The number of nitrogens with zero attached hydrogens (tertiary/aromatic N) is 2. The van der Waals surface area contributed by atoms with Gasteiger partial charge < -0.3 is 4.90 Å². The highest BCUT2D eigenvalue weighted by atomic mass is 32.1. The third kappa shape index (κ3) is 3.07. The van der Waals surface area contributed by atoms with Gasteiger partial charge in [-0.15, -0.1) is 11.3 Å². The fraction of sp³-hybridized carbons (Fsp3) is 0.308. The predicted molar refractivity (Wildman–Crippen MR) is 76.7 cm³/mol. The fourth-order valence-corrected chi connectivity index (χ4v) is 2.47. The van der Waals surface area contributed by atoms with E-state index in [0.29, 0.717) is 0 Å². The number of anilines is 1. The topological polar surface area (TPSA) is 54.2 Å². The van der Waals surface area contributed by atoms with E-state index in [0.717, 1.165) is 11.4 Å². The van der Waals surface area contributed by atoms with Crippen LogP contribution in [-0.2, 0) is 6.42 Å². The van der Waals surface area contributed by atoms with Crippen molar-refractivity contribution in [2.45, 2.75) is 12.5 Å². The summed E-state index contributed by atoms with van der Waals surface area (Å²) < 4.78 is 0. The molecule has 0 amide bonds. The zero-order valence-corrected chi connectivity index (χ0v) is 11.4. The maximum Gasteiger partial charge on any atom is 0.0944 e. The quantitative estimate of drug-likeness (QED) is 0.639. The van der Waals surface area contributed by atoms with Crippen LogP contribution in [0.25, 0.3) is 0 Å². The number of hydrogen-bond donors (Lipinski definition) is 2. The lowest BCUT2D eigenvalue weighted by atomic mass is 10.0. The molecule has 0 saturated carbocycles. The van der Waals surface area contributed by atoms with Crippen LogP contribution in [0.3, 0.4) is 0 Å². The Hall–Kier alpha value is -1.43. The number of benzene rings is 1. The van der Waals surface area contributed by atoms with E-state index in [1.165, 1.54) is 11.3 Å². The maximum atomic E-state index is 5.64. The van der Waals surface area contributed by atoms with Crippen molar-refractivity contribution in [3.8, 4) is 0 Å². The van der Waals surface area contributed by atoms with Crippen LogP contribution in [0.4, 0.5) is 5.69 Å². The summed E-state index contributed by atoms with van der Waals surface area (Å²) in [6.45, 7) is 0. The van der Waals surface area contributed by atoms with Crippen LogP contribution < -0.4 is 16.2 Å². The molecule has 0 radical (unpaired) electrons. The molecule has 2 aromatic rings. The second kappa shape index (κ2) is 5.95. The Morgan fingerprint density at radius 3 is 2.56 bits per heavy atom. The van der Waals surface area contributed by atoms with E-state index in [4.69, 9.17) is 5.84 Å². The Balaban J connectivity index is 2.12. The lowest BCUT2D eigenvalue weighted by Crippen LogP contribution is -2.29. The Labute approximate surface area is 111 Å². The number of hydrogen-bond acceptors (Lipinski definition) is 5. The van der Waals surface area contributed by atoms with Crippen molar-refractivity contribution in [3.63, 3.8) is 0 Å². The molecule has 18 heavy (non-hydrogen) atoms. The van der Waals surface area contributed by atoms with E-state index in [1.54, 1.807) is 11.3 Å². The van der Waals surface area contributed by atoms with Gasteiger partial charge in [-0.3, -0.25) is 11.3 Å². The summed E-state index contributed by atoms with van der Waals surface area (Å²) in [7, 11) is 4.06. The van der Waals surface area contributed by atoms with Crippen molar-refractivity contribution < 1.29 is 0 Å². The molecule has 0 saturated heterocycles. The lowest BCUT2D eigenvalue weighted by molar-refractivity contribution is 0.551. The van der Waals surface area contributed by atoms with E-state index >= 15 is 0 Å². The molecule has 4 nitrogen and oxygen atoms in total. The summed E-state index contributed by atoms with van der Waals surface area (Å²) in [5.41, 5.74) is 5.22. The van der Waals surface area contributed by atoms with Crippen LogP contribution in [0.15, 0.2) is 35.8 Å². The van der Waals surface area contributed by atoms with E-state index < -0.39 is 0 Å². The average molecular weight is 262 g/mol. The standard InChI is InChI=1S/C13H18N4S/c1-17(2)11-5-3-10(4-6-11)12(16-14)9-13-15-7-8-18-13/h3-8,12,16H,9,14H2,1-2H3. The Kier molecular flexibility index (Phi) is 4.30. The second-order valence-electron chi connectivity index (χ2n) is 4.34. The van der Waals surface area contributed by atoms with Crippen molar-refractivity contribution in [3.05, 3.63) is 46.4 Å². The molecule has 3 N–H and O–H groups in total. The van der Waals surface area contributed by atoms with Gasteiger partial charge in [0.25, 0.3) is 0 Å². The molecule has 0 aliphatic heterocycles. The third-order valence-corrected chi connectivity index (χ3v) is 3.68. The molecule has 0 bridgehead atoms. The monoisotopic (exact) mass is 262 g/mol. The van der Waals surface area contributed by atoms with Crippen LogP contribution in [0.1, 0.15) is 16.6 Å². The smallest absolute Gasteiger partial charge is 0.0944 e. The minimum absolute atomic E-state index is 0.104. The lowest BCUT2D eigenvalue weighted by Gasteiger charge is -2.17. The molecule has 0 aliphatic rings. The van der Waals surface area contributed by atoms with Gasteiger partial charge in [0.15, 0.2) is 0 Å². The molecule has 1 unspecified atom stereocenters. The van der Waals surface area contributed by atoms with Crippen LogP contribution in [0, 0.1) is 0 Å². The van der Waals surface area contributed by atoms with E-state index in [9.17, 15) is 0 Å². The first-order valence-electron chi connectivity index (χ1n) is 5.82. The van der Waals surface area contributed by atoms with Gasteiger partial charge in [0.1, 0.15) is 0 Å². The molecule has 5 heteroatoms. The number of hydrazine groups is 1. The number of thiazole rings is 1. The number of rotatable bonds is 5. The number of nitrogens with one attached hydrogen (secondary N) is 1. The Morgan fingerprint density at radius 2 is 2.06 bits per heavy atom. The number of nitrogens with two attached hydrogens (primary N) is 1. The highest BCUT2D eigenvalue weighted by Crippen LogP contribution is 2.21. The first-order chi connectivity index (χ1) is 8.70. The summed E-state index contributed by atoms with van der Waals surface area (Å²) >= 11 is 1.65. The predicted octanol–water partition coefficient (Wildman–Crippen LogP) is 1.96. The molecule has 2 rings (SSSR count). The van der Waals surface area contributed by atoms with Crippen molar-refractivity contribution in [2.24, 2.45) is 5.84 Å². The maximum absolute atomic E-state index is 5.64. The Bertz CT molecular complexity index is 464. The molecule has 1 aromatic carbocycles. The van der Waals surface area contributed by atoms with E-state index in [-0.39, 0.29) is 6.04 Å². The summed E-state index contributed by atoms with van der Waals surface area (Å²) in [6, 6.07) is 8.51. The Morgan fingerprint density at radius 1 is 1.33 bits per heavy atom. The van der Waals surface area contributed by atoms with Gasteiger partial charge in [-0.05, 0) is 17.7 Å². The average Bonchev–Trinajstić information content (AvgIpc) is 2.89. The zero-order valence-electron chi connectivity index (χ0n) is 10.6. The minimum atomic E-state index is 0.104. The third-order valence-electron chi connectivity index (χ3n) is 2.88. The van der Waals surface area contributed by atoms with Crippen LogP contribution in [-0.4, -0.2) is 19.1 Å². The van der Waals surface area contributed by atoms with Gasteiger partial charge >= 0.3 is 0 Å². The van der Waals surface area contributed by atoms with E-state index in [1.807, 2.05) is 25.7 Å². The highest BCUT2D eigenvalue weighted by molar-refractivity contribution is 7.09. The van der Waals surface area contributed by atoms with Gasteiger partial charge in [0, 0.05) is 37.8 Å². The molecule has 1 atom stereocenters. The van der Waals surface area contributed by atoms with Crippen LogP contribution >= 0.6 is 11.3 Å². The van der Waals surface area contributed by atoms with Crippen molar-refractivity contribution in [1.29, 1.82) is 0 Å². The van der Waals surface area contributed by atoms with Crippen LogP contribution in [0.2, 0.25) is 0 Å². The molecule has 0 fully saturated rings. The molecule has 0 aliphatic carbocycles. The van der Waals surface area contributed by atoms with Crippen molar-refractivity contribution in [2.75, 3.05) is 19.0 Å². The molecular weight excluding hydrogens is 244 g/mol. The molecule has 96 valence electrons. The normalized spacial score (nSPS) is 12.4.